The number of hydrogen-bond acceptors (Lipinski definition) is 3. The van der Waals surface area contributed by atoms with Crippen molar-refractivity contribution < 1.29 is 0 Å². The van der Waals surface area contributed by atoms with E-state index in [2.05, 4.69) is 288 Å². The number of hydrogen-bond donors (Lipinski definition) is 0. The van der Waals surface area contributed by atoms with E-state index >= 15 is 0 Å². The van der Waals surface area contributed by atoms with Crippen molar-refractivity contribution in [3.05, 3.63) is 407 Å². The van der Waals surface area contributed by atoms with Gasteiger partial charge in [0.25, 0.3) is 0 Å². The van der Waals surface area contributed by atoms with Gasteiger partial charge in [0, 0.05) is 55.6 Å². The molecular weight excluding hydrogens is 1630 g/mol. The molecule has 0 atom stereocenters. The van der Waals surface area contributed by atoms with E-state index in [1.54, 1.807) is 22.3 Å². The van der Waals surface area contributed by atoms with Crippen LogP contribution in [-0.2, 0) is 77.0 Å². The van der Waals surface area contributed by atoms with Gasteiger partial charge in [-0.1, -0.05) is 426 Å². The molecule has 0 radical (unpaired) electrons. The van der Waals surface area contributed by atoms with Gasteiger partial charge in [-0.05, 0) is 293 Å². The van der Waals surface area contributed by atoms with E-state index in [0.717, 1.165) is 77.0 Å². The third kappa shape index (κ3) is 19.0. The van der Waals surface area contributed by atoms with Gasteiger partial charge in [0.15, 0.2) is 0 Å². The van der Waals surface area contributed by atoms with Gasteiger partial charge in [-0.3, -0.25) is 0 Å². The fourth-order valence-electron chi connectivity index (χ4n) is 21.7. The molecule has 15 aromatic carbocycles. The maximum atomic E-state index is 2.61. The van der Waals surface area contributed by atoms with Crippen LogP contribution < -0.4 is 14.7 Å². The number of rotatable bonds is 0. The first-order chi connectivity index (χ1) is 67.0. The highest BCUT2D eigenvalue weighted by Gasteiger charge is 2.42. The topological polar surface area (TPSA) is 9.72 Å². The third-order valence-electron chi connectivity index (χ3n) is 26.1. The van der Waals surface area contributed by atoms with Gasteiger partial charge in [0.2, 0.25) is 0 Å². The predicted octanol–water partition coefficient (Wildman–Crippen LogP) is 39.7. The molecule has 12 aliphatic rings. The standard InChI is InChI=1S/3C34H23N.15C2H6/c1-4-10-26-20(7-1)13-23-14-24-15-25-18-29-27-11-5-2-8-21(27)16-30(29)31-17-22-9-3-6-12-32(22)35(34(25)31)33(24)19-28(23)26;1-4-10-26-20(7-1)13-23-19-33-24(16-28(23)26)17-31-30-15-21-8-2-5-11-27(21)29(30)18-25-14-22-9-3-6-12-32(22)35(33)34(25)31;1-4-10-27-20(7-1)13-23-15-24-16-26-17-25-14-21-8-2-5-11-28(21)33(25)30-18-22-9-3-6-12-31(22)35(34(26)30)32(24)19-29(23)27;15*1-2/h1-12,14,18-19H,13,15-17H2;1-12,16,18-19H,13-15,17H2;1-12,15,17,19H,13-14,16,18H2;15*1-2H3. The molecule has 0 bridgehead atoms. The van der Waals surface area contributed by atoms with Crippen LogP contribution in [0.15, 0.2) is 273 Å². The summed E-state index contributed by atoms with van der Waals surface area (Å²) in [7, 11) is 0. The lowest BCUT2D eigenvalue weighted by Gasteiger charge is -2.40. The summed E-state index contributed by atoms with van der Waals surface area (Å²) in [5.41, 5.74) is 65.3. The first kappa shape index (κ1) is 105. The first-order valence-electron chi connectivity index (χ1n) is 53.1. The maximum Gasteiger partial charge on any atom is 0.0539 e. The fraction of sp³-hybridized carbons (Fsp3) is 0.318. The Bertz CT molecular complexity index is 6510. The van der Waals surface area contributed by atoms with Crippen LogP contribution >= 0.6 is 0 Å². The van der Waals surface area contributed by atoms with Gasteiger partial charge in [0.1, 0.15) is 0 Å². The average Bonchev–Trinajstić information content (AvgIpc) is 1.66. The van der Waals surface area contributed by atoms with Crippen molar-refractivity contribution in [3.8, 4) is 66.8 Å². The molecule has 0 spiro atoms. The highest BCUT2D eigenvalue weighted by Crippen LogP contribution is 2.61. The number of fused-ring (bicyclic) bond motifs is 33. The predicted molar refractivity (Wildman–Crippen MR) is 600 cm³/mol. The number of para-hydroxylation sites is 3. The van der Waals surface area contributed by atoms with E-state index in [0.29, 0.717) is 0 Å². The monoisotopic (exact) mass is 1790 g/mol. The van der Waals surface area contributed by atoms with Gasteiger partial charge in [0.05, 0.1) is 34.1 Å². The Balaban J connectivity index is 0.000000184. The molecule has 6 aliphatic heterocycles. The normalized spacial score (nSPS) is 12.3. The lowest BCUT2D eigenvalue weighted by Crippen LogP contribution is -2.25. The Labute approximate surface area is 818 Å². The van der Waals surface area contributed by atoms with Gasteiger partial charge in [-0.2, -0.15) is 0 Å². The maximum absolute atomic E-state index is 2.61. The summed E-state index contributed by atoms with van der Waals surface area (Å²) in [6.07, 6.45) is 12.4. The van der Waals surface area contributed by atoms with E-state index in [-0.39, 0.29) is 0 Å². The summed E-state index contributed by atoms with van der Waals surface area (Å²) in [4.78, 5) is 7.81. The first-order valence-corrected chi connectivity index (χ1v) is 53.1. The Morgan fingerprint density at radius 2 is 0.333 bits per heavy atom. The van der Waals surface area contributed by atoms with Crippen LogP contribution in [0.3, 0.4) is 0 Å². The van der Waals surface area contributed by atoms with Crippen molar-refractivity contribution in [1.29, 1.82) is 0 Å². The van der Waals surface area contributed by atoms with Gasteiger partial charge in [-0.15, -0.1) is 0 Å². The van der Waals surface area contributed by atoms with E-state index < -0.39 is 0 Å². The molecule has 0 fully saturated rings. The average molecular weight is 1790 g/mol. The Kier molecular flexibility index (Phi) is 38.6. The van der Waals surface area contributed by atoms with Gasteiger partial charge in [-0.25, -0.2) is 0 Å². The van der Waals surface area contributed by atoms with Crippen LogP contribution in [-0.4, -0.2) is 0 Å². The van der Waals surface area contributed by atoms with Crippen molar-refractivity contribution in [2.45, 2.75) is 285 Å². The smallest absolute Gasteiger partial charge is 0.0539 e. The molecule has 0 saturated carbocycles. The molecule has 3 heteroatoms. The Morgan fingerprint density at radius 3 is 0.704 bits per heavy atom. The number of benzene rings is 15. The van der Waals surface area contributed by atoms with E-state index in [1.807, 2.05) is 208 Å². The molecule has 135 heavy (non-hydrogen) atoms. The van der Waals surface area contributed by atoms with Crippen LogP contribution in [0.1, 0.15) is 341 Å². The van der Waals surface area contributed by atoms with Gasteiger partial charge >= 0.3 is 0 Å². The minimum Gasteiger partial charge on any atom is -0.309 e. The summed E-state index contributed by atoms with van der Waals surface area (Å²) in [6, 6.07) is 104. The zero-order valence-electron chi connectivity index (χ0n) is 88.3. The lowest BCUT2D eigenvalue weighted by molar-refractivity contribution is 0.992. The largest absolute Gasteiger partial charge is 0.309 e. The number of anilines is 9. The molecule has 0 saturated heterocycles. The summed E-state index contributed by atoms with van der Waals surface area (Å²) in [5, 5.41) is 0. The van der Waals surface area contributed by atoms with Crippen LogP contribution in [0.2, 0.25) is 0 Å². The molecule has 6 heterocycles. The van der Waals surface area contributed by atoms with Crippen molar-refractivity contribution in [2.24, 2.45) is 0 Å². The van der Waals surface area contributed by atoms with E-state index in [1.165, 1.54) is 229 Å². The minimum atomic E-state index is 1.01. The molecule has 3 nitrogen and oxygen atoms in total. The highest BCUT2D eigenvalue weighted by molar-refractivity contribution is 6.01. The van der Waals surface area contributed by atoms with E-state index in [9.17, 15) is 0 Å². The molecule has 0 aromatic heterocycles. The van der Waals surface area contributed by atoms with Crippen molar-refractivity contribution in [3.63, 3.8) is 0 Å². The quantitative estimate of drug-likeness (QED) is 0.150. The second kappa shape index (κ2) is 49.8. The highest BCUT2D eigenvalue weighted by atomic mass is 15.2. The Hall–Kier alpha value is -12.3. The molecule has 15 aromatic rings. The van der Waals surface area contributed by atoms with Crippen LogP contribution in [0.4, 0.5) is 51.2 Å². The van der Waals surface area contributed by atoms with Crippen molar-refractivity contribution in [1.82, 2.24) is 0 Å². The second-order valence-corrected chi connectivity index (χ2v) is 31.5. The fourth-order valence-corrected chi connectivity index (χ4v) is 21.7. The minimum absolute atomic E-state index is 1.01. The molecular formula is C132H159N3. The van der Waals surface area contributed by atoms with Crippen LogP contribution in [0, 0.1) is 0 Å². The van der Waals surface area contributed by atoms with Crippen molar-refractivity contribution >= 4 is 51.2 Å². The zero-order chi connectivity index (χ0) is 98.0. The SMILES string of the molecule is CC.CC.CC.CC.CC.CC.CC.CC.CC.CC.CC.CC.CC.CC.CC.c1ccc2c(c1)Cc1cc3c(cc1-2)Cc1c2c(cc4c1N3c1ccccc1C4)-c1ccccc1C2.c1ccc2c(c1)Cc1cc3c(cc1-2)N1c2ccccc2Cc2c4c(cc(c21)C3)-c1ccccc1C4.c1ccc2c(c1)Cc1cc3c(cc1-2)N1c2ccccc2Cc2c4c(cc(c21)C3)Cc1ccccc1-4. The molecule has 27 rings (SSSR count). The van der Waals surface area contributed by atoms with Crippen LogP contribution in [0.25, 0.3) is 66.8 Å². The zero-order valence-corrected chi connectivity index (χ0v) is 88.3. The third-order valence-corrected chi connectivity index (χ3v) is 26.1. The summed E-state index contributed by atoms with van der Waals surface area (Å²) in [5.74, 6) is 0. The van der Waals surface area contributed by atoms with Crippen LogP contribution in [0.5, 0.6) is 0 Å². The van der Waals surface area contributed by atoms with E-state index in [4.69, 9.17) is 0 Å². The Morgan fingerprint density at radius 1 is 0.126 bits per heavy atom. The second-order valence-electron chi connectivity index (χ2n) is 31.5. The molecule has 0 amide bonds. The molecule has 0 N–H and O–H groups in total. The molecule has 0 unspecified atom stereocenters. The van der Waals surface area contributed by atoms with Gasteiger partial charge < -0.3 is 14.7 Å². The molecule has 6 aliphatic carbocycles. The lowest BCUT2D eigenvalue weighted by atomic mass is 9.81. The van der Waals surface area contributed by atoms with Crippen molar-refractivity contribution in [2.75, 3.05) is 14.7 Å². The summed E-state index contributed by atoms with van der Waals surface area (Å²) in [6.45, 7) is 60.0. The summed E-state index contributed by atoms with van der Waals surface area (Å²) >= 11 is 0. The molecule has 702 valence electrons. The number of nitrogens with zero attached hydrogens (tertiary/aromatic N) is 3. The summed E-state index contributed by atoms with van der Waals surface area (Å²) < 4.78 is 0.